The molecule has 0 amide bonds. The molecule has 1 aliphatic rings. The van der Waals surface area contributed by atoms with Crippen LogP contribution in [0.15, 0.2) is 29.3 Å². The number of nitrogens with zero attached hydrogens (tertiary/aromatic N) is 4. The van der Waals surface area contributed by atoms with Crippen LogP contribution in [-0.4, -0.2) is 62.9 Å². The first-order valence-corrected chi connectivity index (χ1v) is 12.4. The molecule has 0 unspecified atom stereocenters. The van der Waals surface area contributed by atoms with E-state index < -0.39 is 21.6 Å². The lowest BCUT2D eigenvalue weighted by atomic mass is 9.99. The second kappa shape index (κ2) is 9.40. The molecular weight excluding hydrogens is 435 g/mol. The molecule has 0 N–H and O–H groups in total. The van der Waals surface area contributed by atoms with Gasteiger partial charge in [0.05, 0.1) is 23.9 Å². The molecule has 0 saturated carbocycles. The van der Waals surface area contributed by atoms with E-state index in [2.05, 4.69) is 33.6 Å². The summed E-state index contributed by atoms with van der Waals surface area (Å²) < 4.78 is 43.0. The van der Waals surface area contributed by atoms with Crippen molar-refractivity contribution in [2.45, 2.75) is 38.6 Å². The normalized spacial score (nSPS) is 17.0. The van der Waals surface area contributed by atoms with E-state index in [9.17, 15) is 17.6 Å². The van der Waals surface area contributed by atoms with Crippen LogP contribution in [0, 0.1) is 18.7 Å². The molecule has 0 aliphatic carbocycles. The van der Waals surface area contributed by atoms with Gasteiger partial charge in [0.15, 0.2) is 9.84 Å². The number of carbonyl (C=O) groups is 1. The Morgan fingerprint density at radius 3 is 2.62 bits per heavy atom. The lowest BCUT2D eigenvalue weighted by Gasteiger charge is -2.44. The summed E-state index contributed by atoms with van der Waals surface area (Å²) in [5, 5.41) is 0. The average molecular weight is 465 g/mol. The molecule has 1 aliphatic heterocycles. The van der Waals surface area contributed by atoms with E-state index in [0.717, 1.165) is 6.26 Å². The Balaban J connectivity index is 1.87. The van der Waals surface area contributed by atoms with E-state index in [1.165, 1.54) is 18.3 Å². The van der Waals surface area contributed by atoms with Crippen LogP contribution in [0.25, 0.3) is 0 Å². The first-order chi connectivity index (χ1) is 15.0. The predicted molar refractivity (Wildman–Crippen MR) is 120 cm³/mol. The van der Waals surface area contributed by atoms with Crippen LogP contribution >= 0.6 is 0 Å². The number of aromatic nitrogens is 2. The third-order valence-corrected chi connectivity index (χ3v) is 6.70. The van der Waals surface area contributed by atoms with Crippen molar-refractivity contribution in [2.24, 2.45) is 5.92 Å². The number of piperazine rings is 1. The SMILES string of the molecule is CCOC(=O)c1cnc(N2CCN(c3ccc(F)c(S(C)(=O)=O)c3)C[C@H]2C(C)C)nc1C. The Hall–Kier alpha value is -2.75. The number of benzene rings is 1. The van der Waals surface area contributed by atoms with E-state index >= 15 is 0 Å². The quantitative estimate of drug-likeness (QED) is 0.603. The van der Waals surface area contributed by atoms with Gasteiger partial charge in [-0.05, 0) is 38.0 Å². The molecule has 2 heterocycles. The van der Waals surface area contributed by atoms with Gasteiger partial charge in [-0.25, -0.2) is 27.6 Å². The minimum Gasteiger partial charge on any atom is -0.462 e. The molecule has 174 valence electrons. The molecule has 0 bridgehead atoms. The van der Waals surface area contributed by atoms with E-state index in [4.69, 9.17) is 4.74 Å². The topological polar surface area (TPSA) is 92.7 Å². The number of carbonyl (C=O) groups excluding carboxylic acids is 1. The van der Waals surface area contributed by atoms with Crippen LogP contribution in [-0.2, 0) is 14.6 Å². The van der Waals surface area contributed by atoms with Crippen molar-refractivity contribution in [1.29, 1.82) is 0 Å². The molecule has 2 aromatic rings. The number of anilines is 2. The van der Waals surface area contributed by atoms with Gasteiger partial charge in [0.25, 0.3) is 0 Å². The number of ether oxygens (including phenoxy) is 1. The summed E-state index contributed by atoms with van der Waals surface area (Å²) in [6.07, 6.45) is 2.50. The molecule has 1 aromatic carbocycles. The fourth-order valence-electron chi connectivity index (χ4n) is 3.84. The molecule has 3 rings (SSSR count). The van der Waals surface area contributed by atoms with Gasteiger partial charge in [-0.3, -0.25) is 0 Å². The maximum atomic E-state index is 14.0. The number of hydrogen-bond donors (Lipinski definition) is 0. The van der Waals surface area contributed by atoms with Crippen molar-refractivity contribution >= 4 is 27.4 Å². The molecule has 0 radical (unpaired) electrons. The van der Waals surface area contributed by atoms with Gasteiger partial charge in [-0.1, -0.05) is 13.8 Å². The van der Waals surface area contributed by atoms with E-state index in [0.29, 0.717) is 42.5 Å². The van der Waals surface area contributed by atoms with Crippen molar-refractivity contribution < 1.29 is 22.3 Å². The maximum Gasteiger partial charge on any atom is 0.341 e. The summed E-state index contributed by atoms with van der Waals surface area (Å²) in [5.74, 6) is -0.424. The minimum absolute atomic E-state index is 0.0309. The summed E-state index contributed by atoms with van der Waals surface area (Å²) in [7, 11) is -3.67. The Bertz CT molecular complexity index is 1110. The molecule has 1 saturated heterocycles. The molecule has 1 fully saturated rings. The largest absolute Gasteiger partial charge is 0.462 e. The number of sulfone groups is 1. The van der Waals surface area contributed by atoms with E-state index in [1.54, 1.807) is 19.9 Å². The van der Waals surface area contributed by atoms with Gasteiger partial charge in [-0.2, -0.15) is 0 Å². The molecule has 32 heavy (non-hydrogen) atoms. The number of rotatable bonds is 6. The van der Waals surface area contributed by atoms with E-state index in [1.807, 2.05) is 0 Å². The highest BCUT2D eigenvalue weighted by atomic mass is 32.2. The predicted octanol–water partition coefficient (Wildman–Crippen LogP) is 2.86. The molecule has 10 heteroatoms. The van der Waals surface area contributed by atoms with Gasteiger partial charge >= 0.3 is 5.97 Å². The lowest BCUT2D eigenvalue weighted by molar-refractivity contribution is 0.0524. The summed E-state index contributed by atoms with van der Waals surface area (Å²) in [4.78, 5) is 24.9. The van der Waals surface area contributed by atoms with Gasteiger partial charge in [-0.15, -0.1) is 0 Å². The van der Waals surface area contributed by atoms with Gasteiger partial charge in [0, 0.05) is 37.8 Å². The maximum absolute atomic E-state index is 14.0. The van der Waals surface area contributed by atoms with Gasteiger partial charge in [0.1, 0.15) is 10.7 Å². The lowest BCUT2D eigenvalue weighted by Crippen LogP contribution is -2.56. The third-order valence-electron chi connectivity index (χ3n) is 5.59. The fourth-order valence-corrected chi connectivity index (χ4v) is 4.60. The Morgan fingerprint density at radius 2 is 2.03 bits per heavy atom. The second-order valence-corrected chi connectivity index (χ2v) is 10.2. The molecular formula is C22H29FN4O4S. The minimum atomic E-state index is -3.67. The van der Waals surface area contributed by atoms with Crippen LogP contribution in [0.4, 0.5) is 16.0 Å². The van der Waals surface area contributed by atoms with Crippen LogP contribution in [0.2, 0.25) is 0 Å². The van der Waals surface area contributed by atoms with Crippen LogP contribution in [0.3, 0.4) is 0 Å². The number of esters is 1. The fraction of sp³-hybridized carbons (Fsp3) is 0.500. The Labute approximate surface area is 188 Å². The standard InChI is InChI=1S/C22H29FN4O4S/c1-6-31-21(28)17-12-24-22(25-15(17)4)27-10-9-26(13-19(27)14(2)3)16-7-8-18(23)20(11-16)32(5,29)30/h7-8,11-12,14,19H,6,9-10,13H2,1-5H3/t19-/m0/s1. The van der Waals surface area contributed by atoms with Crippen molar-refractivity contribution in [3.63, 3.8) is 0 Å². The number of aryl methyl sites for hydroxylation is 1. The first kappa shape index (κ1) is 23.9. The van der Waals surface area contributed by atoms with Gasteiger partial charge in [0.2, 0.25) is 5.95 Å². The Kier molecular flexibility index (Phi) is 7.02. The molecule has 0 spiro atoms. The summed E-state index contributed by atoms with van der Waals surface area (Å²) >= 11 is 0. The third kappa shape index (κ3) is 5.01. The van der Waals surface area contributed by atoms with Crippen LogP contribution < -0.4 is 9.80 Å². The summed E-state index contributed by atoms with van der Waals surface area (Å²) in [6, 6.07) is 4.23. The molecule has 8 nitrogen and oxygen atoms in total. The van der Waals surface area contributed by atoms with Crippen molar-refractivity contribution in [3.05, 3.63) is 41.5 Å². The highest BCUT2D eigenvalue weighted by Gasteiger charge is 2.32. The summed E-state index contributed by atoms with van der Waals surface area (Å²) in [5.41, 5.74) is 1.55. The van der Waals surface area contributed by atoms with Crippen LogP contribution in [0.1, 0.15) is 36.8 Å². The monoisotopic (exact) mass is 464 g/mol. The summed E-state index contributed by atoms with van der Waals surface area (Å²) in [6.45, 7) is 9.72. The zero-order valence-electron chi connectivity index (χ0n) is 19.0. The van der Waals surface area contributed by atoms with Gasteiger partial charge < -0.3 is 14.5 Å². The number of hydrogen-bond acceptors (Lipinski definition) is 8. The van der Waals surface area contributed by atoms with Crippen molar-refractivity contribution in [3.8, 4) is 0 Å². The van der Waals surface area contributed by atoms with Crippen molar-refractivity contribution in [2.75, 3.05) is 42.3 Å². The highest BCUT2D eigenvalue weighted by Crippen LogP contribution is 2.28. The molecule has 1 atom stereocenters. The highest BCUT2D eigenvalue weighted by molar-refractivity contribution is 7.90. The number of halogens is 1. The first-order valence-electron chi connectivity index (χ1n) is 10.5. The second-order valence-electron chi connectivity index (χ2n) is 8.23. The van der Waals surface area contributed by atoms with Crippen molar-refractivity contribution in [1.82, 2.24) is 9.97 Å². The zero-order valence-corrected chi connectivity index (χ0v) is 19.8. The van der Waals surface area contributed by atoms with E-state index in [-0.39, 0.29) is 23.5 Å². The van der Waals surface area contributed by atoms with Crippen LogP contribution in [0.5, 0.6) is 0 Å². The Morgan fingerprint density at radius 1 is 1.31 bits per heavy atom. The average Bonchev–Trinajstić information content (AvgIpc) is 2.72. The molecule has 1 aromatic heterocycles. The smallest absolute Gasteiger partial charge is 0.341 e. The zero-order chi connectivity index (χ0) is 23.6.